The Morgan fingerprint density at radius 1 is 1.14 bits per heavy atom. The molecule has 0 aliphatic carbocycles. The molecule has 152 valence electrons. The Morgan fingerprint density at radius 3 is 2.45 bits per heavy atom. The maximum atomic E-state index is 13.5. The summed E-state index contributed by atoms with van der Waals surface area (Å²) >= 11 is 0.394. The molecule has 1 aromatic heterocycles. The van der Waals surface area contributed by atoms with Gasteiger partial charge >= 0.3 is 6.18 Å². The number of hydrazine groups is 1. The zero-order valence-electron chi connectivity index (χ0n) is 14.7. The van der Waals surface area contributed by atoms with E-state index in [1.807, 2.05) is 5.53 Å². The minimum Gasteiger partial charge on any atom is -0.382 e. The van der Waals surface area contributed by atoms with Crippen LogP contribution in [0.2, 0.25) is 0 Å². The molecule has 1 heterocycles. The number of fused-ring (bicyclic) bond motifs is 1. The highest BCUT2D eigenvalue weighted by Gasteiger charge is 2.36. The third-order valence-corrected chi connectivity index (χ3v) is 4.89. The van der Waals surface area contributed by atoms with E-state index in [9.17, 15) is 18.0 Å². The maximum absolute atomic E-state index is 13.5. The number of halogens is 3. The number of nitrogens with one attached hydrogen (secondary N) is 2. The first-order valence-electron chi connectivity index (χ1n) is 8.01. The number of amidine groups is 1. The molecule has 0 radical (unpaired) electrons. The molecule has 3 rings (SSSR count). The summed E-state index contributed by atoms with van der Waals surface area (Å²) in [6, 6.07) is 8.78. The predicted molar refractivity (Wildman–Crippen MR) is 105 cm³/mol. The van der Waals surface area contributed by atoms with Crippen LogP contribution in [0.4, 0.5) is 13.2 Å². The van der Waals surface area contributed by atoms with Crippen molar-refractivity contribution >= 4 is 34.6 Å². The molecule has 0 fully saturated rings. The molecule has 0 saturated carbocycles. The highest BCUT2D eigenvalue weighted by atomic mass is 32.2. The average molecular weight is 423 g/mol. The fourth-order valence-electron chi connectivity index (χ4n) is 3.05. The standard InChI is InChI=1S/C17H16F3N7OS/c18-17(19,20)10-5-4-8(12(14(10)29-24)15(21)26-27-23)9-3-1-2-7-6-11(16(22)28)25-13(7)9/h1-6,25,27H,23-24H2,(H2,21,26)(H2,22,28). The number of rotatable bonds is 5. The van der Waals surface area contributed by atoms with Crippen molar-refractivity contribution in [2.24, 2.45) is 27.6 Å². The molecule has 2 aromatic carbocycles. The highest BCUT2D eigenvalue weighted by Crippen LogP contribution is 2.42. The number of aromatic amines is 1. The number of H-pyrrole nitrogens is 1. The second-order valence-corrected chi connectivity index (χ2v) is 6.57. The Bertz CT molecular complexity index is 1120. The summed E-state index contributed by atoms with van der Waals surface area (Å²) < 4.78 is 40.5. The number of amides is 1. The molecule has 0 aliphatic heterocycles. The summed E-state index contributed by atoms with van der Waals surface area (Å²) in [7, 11) is 0. The SMILES string of the molecule is NN/N=C(\N)c1c(-c2cccc3cc(C(N)=O)[nH]c23)ccc(C(F)(F)F)c1SN. The van der Waals surface area contributed by atoms with Crippen molar-refractivity contribution in [3.05, 3.63) is 53.2 Å². The van der Waals surface area contributed by atoms with E-state index < -0.39 is 17.6 Å². The summed E-state index contributed by atoms with van der Waals surface area (Å²) in [5.74, 6) is 4.20. The van der Waals surface area contributed by atoms with E-state index in [0.29, 0.717) is 34.0 Å². The summed E-state index contributed by atoms with van der Waals surface area (Å²) in [5, 5.41) is 9.83. The quantitative estimate of drug-likeness (QED) is 0.121. The van der Waals surface area contributed by atoms with Gasteiger partial charge in [-0.05, 0) is 29.6 Å². The zero-order chi connectivity index (χ0) is 21.3. The van der Waals surface area contributed by atoms with Gasteiger partial charge in [0.1, 0.15) is 5.69 Å². The third kappa shape index (κ3) is 3.72. The van der Waals surface area contributed by atoms with E-state index in [4.69, 9.17) is 22.4 Å². The van der Waals surface area contributed by atoms with Crippen LogP contribution < -0.4 is 28.0 Å². The van der Waals surface area contributed by atoms with E-state index in [1.165, 1.54) is 6.07 Å². The van der Waals surface area contributed by atoms with E-state index in [2.05, 4.69) is 10.1 Å². The largest absolute Gasteiger partial charge is 0.417 e. The molecule has 29 heavy (non-hydrogen) atoms. The van der Waals surface area contributed by atoms with Crippen molar-refractivity contribution in [1.82, 2.24) is 10.5 Å². The van der Waals surface area contributed by atoms with E-state index >= 15 is 0 Å². The normalized spacial score (nSPS) is 12.4. The molecule has 1 amide bonds. The molecule has 8 nitrogen and oxygen atoms in total. The summed E-state index contributed by atoms with van der Waals surface area (Å²) in [6.07, 6.45) is -4.66. The van der Waals surface area contributed by atoms with Gasteiger partial charge in [-0.25, -0.2) is 11.4 Å². The van der Waals surface area contributed by atoms with Crippen LogP contribution in [0.1, 0.15) is 21.6 Å². The third-order valence-electron chi connectivity index (χ3n) is 4.23. The molecule has 0 spiro atoms. The molecule has 0 unspecified atom stereocenters. The second kappa shape index (κ2) is 7.66. The van der Waals surface area contributed by atoms with Crippen molar-refractivity contribution in [3.8, 4) is 11.1 Å². The molecule has 0 aliphatic rings. The Hall–Kier alpha value is -3.22. The number of carbonyl (C=O) groups excluding carboxylic acids is 1. The number of nitrogens with two attached hydrogens (primary N) is 4. The van der Waals surface area contributed by atoms with E-state index in [1.54, 1.807) is 24.3 Å². The molecular weight excluding hydrogens is 407 g/mol. The number of hydrazone groups is 1. The second-order valence-electron chi connectivity index (χ2n) is 5.92. The Balaban J connectivity index is 2.40. The van der Waals surface area contributed by atoms with Gasteiger partial charge in [-0.1, -0.05) is 24.3 Å². The van der Waals surface area contributed by atoms with Crippen molar-refractivity contribution in [3.63, 3.8) is 0 Å². The lowest BCUT2D eigenvalue weighted by atomic mass is 9.95. The fourth-order valence-corrected chi connectivity index (χ4v) is 3.69. The number of benzene rings is 2. The number of hydrogen-bond acceptors (Lipinski definition) is 6. The molecule has 0 bridgehead atoms. The molecule has 0 saturated heterocycles. The van der Waals surface area contributed by atoms with Crippen LogP contribution in [-0.4, -0.2) is 16.7 Å². The van der Waals surface area contributed by atoms with Gasteiger partial charge in [0, 0.05) is 21.4 Å². The molecule has 10 N–H and O–H groups in total. The highest BCUT2D eigenvalue weighted by molar-refractivity contribution is 7.97. The number of hydrogen-bond donors (Lipinski definition) is 6. The number of aromatic nitrogens is 1. The number of nitrogens with zero attached hydrogens (tertiary/aromatic N) is 1. The predicted octanol–water partition coefficient (Wildman–Crippen LogP) is 2.00. The molecular formula is C17H16F3N7OS. The topological polar surface area (TPSA) is 161 Å². The van der Waals surface area contributed by atoms with Crippen molar-refractivity contribution < 1.29 is 18.0 Å². The van der Waals surface area contributed by atoms with Gasteiger partial charge in [-0.3, -0.25) is 9.93 Å². The van der Waals surface area contributed by atoms with Crippen LogP contribution in [0.3, 0.4) is 0 Å². The van der Waals surface area contributed by atoms with Crippen LogP contribution >= 0.6 is 11.9 Å². The lowest BCUT2D eigenvalue weighted by Gasteiger charge is -2.19. The van der Waals surface area contributed by atoms with Gasteiger partial charge in [0.05, 0.1) is 11.1 Å². The van der Waals surface area contributed by atoms with Crippen LogP contribution in [0, 0.1) is 0 Å². The van der Waals surface area contributed by atoms with Crippen LogP contribution in [-0.2, 0) is 6.18 Å². The smallest absolute Gasteiger partial charge is 0.382 e. The summed E-state index contributed by atoms with van der Waals surface area (Å²) in [6.45, 7) is 0. The maximum Gasteiger partial charge on any atom is 0.417 e. The number of para-hydroxylation sites is 1. The summed E-state index contributed by atoms with van der Waals surface area (Å²) in [5.41, 5.74) is 13.6. The van der Waals surface area contributed by atoms with Gasteiger partial charge in [0.25, 0.3) is 5.91 Å². The fraction of sp³-hybridized carbons (Fsp3) is 0.0588. The average Bonchev–Trinajstić information content (AvgIpc) is 3.11. The van der Waals surface area contributed by atoms with Gasteiger partial charge in [-0.2, -0.15) is 13.2 Å². The van der Waals surface area contributed by atoms with Crippen molar-refractivity contribution in [2.75, 3.05) is 0 Å². The van der Waals surface area contributed by atoms with Crippen LogP contribution in [0.5, 0.6) is 0 Å². The van der Waals surface area contributed by atoms with Gasteiger partial charge in [-0.15, -0.1) is 5.10 Å². The molecule has 3 aromatic rings. The minimum absolute atomic E-state index is 0.0481. The van der Waals surface area contributed by atoms with Crippen LogP contribution in [0.15, 0.2) is 46.4 Å². The Kier molecular flexibility index (Phi) is 5.42. The molecule has 12 heteroatoms. The molecule has 0 atom stereocenters. The first kappa shape index (κ1) is 20.5. The first-order valence-corrected chi connectivity index (χ1v) is 8.89. The number of alkyl halides is 3. The zero-order valence-corrected chi connectivity index (χ0v) is 15.5. The number of carbonyl (C=O) groups is 1. The van der Waals surface area contributed by atoms with E-state index in [0.717, 1.165) is 6.07 Å². The summed E-state index contributed by atoms with van der Waals surface area (Å²) in [4.78, 5) is 14.1. The van der Waals surface area contributed by atoms with Crippen molar-refractivity contribution in [1.29, 1.82) is 0 Å². The first-order chi connectivity index (χ1) is 13.7. The van der Waals surface area contributed by atoms with Crippen molar-refractivity contribution in [2.45, 2.75) is 11.1 Å². The van der Waals surface area contributed by atoms with Gasteiger partial charge < -0.3 is 16.5 Å². The van der Waals surface area contributed by atoms with E-state index in [-0.39, 0.29) is 22.0 Å². The van der Waals surface area contributed by atoms with Gasteiger partial charge in [0.15, 0.2) is 5.84 Å². The lowest BCUT2D eigenvalue weighted by molar-refractivity contribution is -0.139. The number of primary amides is 1. The van der Waals surface area contributed by atoms with Gasteiger partial charge in [0.2, 0.25) is 0 Å². The minimum atomic E-state index is -4.66. The Labute approximate surface area is 166 Å². The Morgan fingerprint density at radius 2 is 1.86 bits per heavy atom. The lowest BCUT2D eigenvalue weighted by Crippen LogP contribution is -2.25. The monoisotopic (exact) mass is 423 g/mol. The van der Waals surface area contributed by atoms with Crippen LogP contribution in [0.25, 0.3) is 22.0 Å².